The van der Waals surface area contributed by atoms with Gasteiger partial charge in [-0.15, -0.1) is 0 Å². The van der Waals surface area contributed by atoms with Crippen LogP contribution in [0.4, 0.5) is 5.69 Å². The van der Waals surface area contributed by atoms with Crippen LogP contribution in [0.25, 0.3) is 16.3 Å². The number of rotatable bonds is 8. The lowest BCUT2D eigenvalue weighted by molar-refractivity contribution is -0.649. The molecule has 4 rings (SSSR count). The Morgan fingerprint density at radius 2 is 1.94 bits per heavy atom. The molecule has 8 nitrogen and oxygen atoms in total. The van der Waals surface area contributed by atoms with Crippen LogP contribution in [0.3, 0.4) is 0 Å². The molecule has 3 aromatic rings. The van der Waals surface area contributed by atoms with Gasteiger partial charge in [0.1, 0.15) is 11.4 Å². The third-order valence-corrected chi connectivity index (χ3v) is 8.57. The first-order valence-corrected chi connectivity index (χ1v) is 15.1. The Kier molecular flexibility index (Phi) is 8.25. The second-order valence-electron chi connectivity index (χ2n) is 7.35. The highest BCUT2D eigenvalue weighted by molar-refractivity contribution is 8.03. The summed E-state index contributed by atoms with van der Waals surface area (Å²) in [7, 11) is -4.32. The number of fused-ring (bicyclic) bond motifs is 2. The fraction of sp³-hybridized carbons (Fsp3) is 0.190. The minimum absolute atomic E-state index is 0.170. The number of anilines is 1. The van der Waals surface area contributed by atoms with Crippen LogP contribution < -0.4 is 9.47 Å². The number of hydrogen-bond acceptors (Lipinski definition) is 7. The number of aromatic nitrogens is 1. The second kappa shape index (κ2) is 10.9. The minimum Gasteiger partial charge on any atom is -0.309 e. The monoisotopic (exact) mass is 593 g/mol. The molecule has 0 spiro atoms. The first-order chi connectivity index (χ1) is 16.5. The van der Waals surface area contributed by atoms with E-state index in [0.717, 1.165) is 25.9 Å². The Bertz CT molecular complexity index is 1490. The number of benzene rings is 2. The molecule has 2 N–H and O–H groups in total. The lowest BCUT2D eigenvalue weighted by Gasteiger charge is -2.19. The maximum Gasteiger partial charge on any atom is 0.326 e. The van der Waals surface area contributed by atoms with Crippen molar-refractivity contribution in [1.82, 2.24) is 0 Å². The summed E-state index contributed by atoms with van der Waals surface area (Å²) in [6.45, 7) is 1.78. The molecule has 1 unspecified atom stereocenters. The van der Waals surface area contributed by atoms with Crippen molar-refractivity contribution in [3.05, 3.63) is 68.1 Å². The molecule has 186 valence electrons. The van der Waals surface area contributed by atoms with E-state index in [1.54, 1.807) is 35.2 Å². The zero-order valence-electron chi connectivity index (χ0n) is 18.1. The highest BCUT2D eigenvalue weighted by Gasteiger charge is 2.28. The average molecular weight is 595 g/mol. The molecule has 0 saturated heterocycles. The van der Waals surface area contributed by atoms with Gasteiger partial charge in [0.25, 0.3) is 10.9 Å². The lowest BCUT2D eigenvalue weighted by atomic mass is 10.2. The quantitative estimate of drug-likeness (QED) is 0.194. The van der Waals surface area contributed by atoms with Gasteiger partial charge in [-0.25, -0.2) is 4.18 Å². The van der Waals surface area contributed by atoms with E-state index in [1.807, 2.05) is 25.1 Å². The van der Waals surface area contributed by atoms with Crippen molar-refractivity contribution in [2.75, 3.05) is 11.6 Å². The van der Waals surface area contributed by atoms with Crippen LogP contribution in [0.15, 0.2) is 58.0 Å². The number of halogens is 2. The number of nitrogens with zero attached hydrogens (tertiary/aromatic N) is 2. The number of hydrogen-bond donors (Lipinski definition) is 2. The third-order valence-electron chi connectivity index (χ3n) is 4.99. The van der Waals surface area contributed by atoms with E-state index in [9.17, 15) is 17.2 Å². The zero-order chi connectivity index (χ0) is 25.3. The summed E-state index contributed by atoms with van der Waals surface area (Å²) < 4.78 is 60.5. The van der Waals surface area contributed by atoms with Gasteiger partial charge >= 0.3 is 21.5 Å². The van der Waals surface area contributed by atoms with Crippen LogP contribution >= 0.6 is 46.3 Å². The molecule has 0 amide bonds. The molecule has 1 atom stereocenters. The van der Waals surface area contributed by atoms with Crippen LogP contribution in [-0.4, -0.2) is 28.5 Å². The van der Waals surface area contributed by atoms with Gasteiger partial charge in [0.05, 0.1) is 10.7 Å². The van der Waals surface area contributed by atoms with Crippen molar-refractivity contribution < 1.29 is 30.5 Å². The molecule has 0 aliphatic carbocycles. The predicted octanol–water partition coefficient (Wildman–Crippen LogP) is 5.70. The first-order valence-electron chi connectivity index (χ1n) is 10.0. The summed E-state index contributed by atoms with van der Waals surface area (Å²) in [4.78, 5) is 2.64. The molecule has 14 heteroatoms. The standard InChI is InChI=1S/C21H18Cl2N2O6S4/c1-2-13(7-20-24(11-31-34(26)27)16-9-14(22)3-5-18(16)32-20)8-21-25(12-35(28,29)30)17-10-15(23)4-6-19(17)33-21/h3-10H,2,11-12H2,1H3,(H-,26,27,28,29,30)/p+1. The summed E-state index contributed by atoms with van der Waals surface area (Å²) >= 11 is 12.7. The number of thiazole rings is 1. The molecule has 0 saturated carbocycles. The lowest BCUT2D eigenvalue weighted by Crippen LogP contribution is -2.39. The maximum absolute atomic E-state index is 11.7. The average Bonchev–Trinajstić information content (AvgIpc) is 3.27. The summed E-state index contributed by atoms with van der Waals surface area (Å²) in [5.41, 5.74) is 2.18. The Hall–Kier alpha value is -1.48. The van der Waals surface area contributed by atoms with E-state index in [4.69, 9.17) is 31.9 Å². The van der Waals surface area contributed by atoms with Crippen molar-refractivity contribution in [3.8, 4) is 0 Å². The molecule has 35 heavy (non-hydrogen) atoms. The van der Waals surface area contributed by atoms with E-state index in [1.165, 1.54) is 27.7 Å². The molecule has 0 bridgehead atoms. The van der Waals surface area contributed by atoms with E-state index in [2.05, 4.69) is 0 Å². The van der Waals surface area contributed by atoms with E-state index < -0.39 is 27.4 Å². The highest BCUT2D eigenvalue weighted by Crippen LogP contribution is 2.47. The highest BCUT2D eigenvalue weighted by atomic mass is 35.5. The number of thioether (sulfide) groups is 1. The summed E-state index contributed by atoms with van der Waals surface area (Å²) in [5.74, 6) is -0.617. The van der Waals surface area contributed by atoms with Gasteiger partial charge in [-0.1, -0.05) is 53.2 Å². The topological polar surface area (TPSA) is 108 Å². The van der Waals surface area contributed by atoms with Crippen LogP contribution in [0.5, 0.6) is 0 Å². The molecule has 1 aliphatic rings. The van der Waals surface area contributed by atoms with Crippen molar-refractivity contribution in [3.63, 3.8) is 0 Å². The van der Waals surface area contributed by atoms with Crippen LogP contribution in [0.2, 0.25) is 10.0 Å². The molecule has 0 radical (unpaired) electrons. The summed E-state index contributed by atoms with van der Waals surface area (Å²) in [6.07, 6.45) is 4.34. The molecular weight excluding hydrogens is 575 g/mol. The second-order valence-corrected chi connectivity index (χ2v) is 12.4. The molecule has 1 aliphatic heterocycles. The van der Waals surface area contributed by atoms with Crippen molar-refractivity contribution in [2.24, 2.45) is 0 Å². The molecule has 2 heterocycles. The first kappa shape index (κ1) is 26.6. The van der Waals surface area contributed by atoms with E-state index in [-0.39, 0.29) is 6.73 Å². The van der Waals surface area contributed by atoms with E-state index in [0.29, 0.717) is 27.0 Å². The van der Waals surface area contributed by atoms with Gasteiger partial charge in [-0.05, 0) is 48.4 Å². The van der Waals surface area contributed by atoms with Crippen molar-refractivity contribution in [2.45, 2.75) is 24.1 Å². The van der Waals surface area contributed by atoms with Gasteiger partial charge in [-0.3, -0.25) is 9.11 Å². The number of allylic oxidation sites excluding steroid dienone is 2. The maximum atomic E-state index is 11.7. The Morgan fingerprint density at radius 1 is 1.23 bits per heavy atom. The van der Waals surface area contributed by atoms with Gasteiger partial charge in [0, 0.05) is 27.1 Å². The predicted molar refractivity (Wildman–Crippen MR) is 141 cm³/mol. The minimum atomic E-state index is -4.32. The SMILES string of the molecule is CCC(=Cc1sc2ccc(Cl)cc2[n+]1CS(=O)(=O)O)C=C1Sc2ccc(Cl)cc2N1COS(=O)O. The molecular formula is C21H19Cl2N2O6S4+. The van der Waals surface area contributed by atoms with Crippen LogP contribution in [-0.2, 0) is 31.5 Å². The van der Waals surface area contributed by atoms with E-state index >= 15 is 0 Å². The Balaban J connectivity index is 1.79. The summed E-state index contributed by atoms with van der Waals surface area (Å²) in [5, 5.41) is 2.31. The molecule has 1 aromatic heterocycles. The van der Waals surface area contributed by atoms with Crippen LogP contribution in [0, 0.1) is 0 Å². The largest absolute Gasteiger partial charge is 0.326 e. The molecule has 2 aromatic carbocycles. The summed E-state index contributed by atoms with van der Waals surface area (Å²) in [6, 6.07) is 10.5. The van der Waals surface area contributed by atoms with Gasteiger partial charge in [-0.2, -0.15) is 17.2 Å². The van der Waals surface area contributed by atoms with Crippen molar-refractivity contribution in [1.29, 1.82) is 0 Å². The normalized spacial score (nSPS) is 16.3. The van der Waals surface area contributed by atoms with Gasteiger partial charge in [0.2, 0.25) is 5.52 Å². The Morgan fingerprint density at radius 3 is 2.63 bits per heavy atom. The Labute approximate surface area is 223 Å². The van der Waals surface area contributed by atoms with Crippen LogP contribution in [0.1, 0.15) is 18.4 Å². The van der Waals surface area contributed by atoms with Crippen molar-refractivity contribution >= 4 is 89.8 Å². The fourth-order valence-electron chi connectivity index (χ4n) is 3.45. The molecule has 0 fully saturated rings. The van der Waals surface area contributed by atoms with Gasteiger partial charge in [0.15, 0.2) is 0 Å². The van der Waals surface area contributed by atoms with Gasteiger partial charge < -0.3 is 4.90 Å². The smallest absolute Gasteiger partial charge is 0.309 e. The zero-order valence-corrected chi connectivity index (χ0v) is 22.8. The fourth-order valence-corrected chi connectivity index (χ4v) is 6.89. The third kappa shape index (κ3) is 6.45.